The Hall–Kier alpha value is -4.21. The number of carbonyl (C=O) groups is 3. The van der Waals surface area contributed by atoms with E-state index < -0.39 is 61.0 Å². The third kappa shape index (κ3) is 5.42. The van der Waals surface area contributed by atoms with E-state index in [1.807, 2.05) is 0 Å². The van der Waals surface area contributed by atoms with Gasteiger partial charge in [-0.25, -0.2) is 4.79 Å². The number of aliphatic hydroxyl groups is 4. The van der Waals surface area contributed by atoms with Crippen LogP contribution in [0.1, 0.15) is 21.5 Å². The zero-order valence-corrected chi connectivity index (χ0v) is 21.4. The summed E-state index contributed by atoms with van der Waals surface area (Å²) in [7, 11) is 0. The molecule has 0 spiro atoms. The molecule has 0 aliphatic carbocycles. The molecule has 0 radical (unpaired) electrons. The van der Waals surface area contributed by atoms with Gasteiger partial charge >= 0.3 is 5.97 Å². The molecule has 2 amide bonds. The van der Waals surface area contributed by atoms with Crippen molar-refractivity contribution in [1.82, 2.24) is 4.90 Å². The van der Waals surface area contributed by atoms with Gasteiger partial charge in [0.05, 0.1) is 17.9 Å². The number of benzene rings is 2. The number of nitrogens with zero attached hydrogens (tertiary/aromatic N) is 2. The number of anilines is 1. The maximum atomic E-state index is 13.3. The number of fused-ring (bicyclic) bond motifs is 1. The summed E-state index contributed by atoms with van der Waals surface area (Å²) in [5, 5.41) is 70.1. The van der Waals surface area contributed by atoms with Gasteiger partial charge in [0.25, 0.3) is 11.8 Å². The van der Waals surface area contributed by atoms with Crippen LogP contribution in [0, 0.1) is 0 Å². The molecule has 3 aliphatic rings. The number of carboxylic acids is 1. The molecule has 0 aromatic heterocycles. The van der Waals surface area contributed by atoms with Crippen molar-refractivity contribution in [3.05, 3.63) is 53.1 Å². The molecule has 2 fully saturated rings. The highest BCUT2D eigenvalue weighted by molar-refractivity contribution is 6.09. The molecule has 2 saturated heterocycles. The summed E-state index contributed by atoms with van der Waals surface area (Å²) in [6.45, 7) is 0.462. The summed E-state index contributed by atoms with van der Waals surface area (Å²) in [6, 6.07) is 5.27. The first-order chi connectivity index (χ1) is 19.5. The molecule has 7 N–H and O–H groups in total. The van der Waals surface area contributed by atoms with Crippen LogP contribution in [0.5, 0.6) is 17.2 Å². The molecular formula is C27H28N2O12. The lowest BCUT2D eigenvalue weighted by Gasteiger charge is -2.39. The fourth-order valence-electron chi connectivity index (χ4n) is 4.81. The molecule has 3 heterocycles. The number of carbonyl (C=O) groups excluding carboxylic acids is 2. The van der Waals surface area contributed by atoms with Gasteiger partial charge in [-0.3, -0.25) is 14.5 Å². The van der Waals surface area contributed by atoms with Gasteiger partial charge < -0.3 is 50.1 Å². The van der Waals surface area contributed by atoms with E-state index in [1.165, 1.54) is 41.3 Å². The van der Waals surface area contributed by atoms with Crippen molar-refractivity contribution in [1.29, 1.82) is 0 Å². The fourth-order valence-corrected chi connectivity index (χ4v) is 4.81. The monoisotopic (exact) mass is 572 g/mol. The van der Waals surface area contributed by atoms with Crippen molar-refractivity contribution >= 4 is 29.5 Å². The minimum Gasteiger partial charge on any atom is -0.507 e. The number of amides is 2. The Labute approximate surface area is 232 Å². The van der Waals surface area contributed by atoms with E-state index in [0.29, 0.717) is 24.2 Å². The molecule has 6 unspecified atom stereocenters. The third-order valence-electron chi connectivity index (χ3n) is 7.16. The van der Waals surface area contributed by atoms with Gasteiger partial charge in [-0.2, -0.15) is 0 Å². The van der Waals surface area contributed by atoms with E-state index >= 15 is 0 Å². The lowest BCUT2D eigenvalue weighted by molar-refractivity contribution is -0.277. The molecule has 41 heavy (non-hydrogen) atoms. The predicted octanol–water partition coefficient (Wildman–Crippen LogP) is -1.21. The van der Waals surface area contributed by atoms with Crippen LogP contribution in [0.3, 0.4) is 0 Å². The number of carboxylic acid groups (broad SMARTS) is 1. The molecule has 6 atom stereocenters. The van der Waals surface area contributed by atoms with E-state index in [-0.39, 0.29) is 35.1 Å². The summed E-state index contributed by atoms with van der Waals surface area (Å²) in [5.41, 5.74) is 0.879. The molecule has 218 valence electrons. The van der Waals surface area contributed by atoms with E-state index in [0.717, 1.165) is 11.0 Å². The van der Waals surface area contributed by atoms with Gasteiger partial charge in [0.2, 0.25) is 6.29 Å². The van der Waals surface area contributed by atoms with Gasteiger partial charge in [-0.1, -0.05) is 6.07 Å². The molecule has 5 rings (SSSR count). The van der Waals surface area contributed by atoms with Crippen molar-refractivity contribution in [2.24, 2.45) is 0 Å². The van der Waals surface area contributed by atoms with Crippen molar-refractivity contribution in [3.8, 4) is 17.2 Å². The van der Waals surface area contributed by atoms with Crippen LogP contribution in [0.15, 0.2) is 36.4 Å². The Morgan fingerprint density at radius 1 is 1.00 bits per heavy atom. The van der Waals surface area contributed by atoms with E-state index in [2.05, 4.69) is 0 Å². The number of aliphatic carboxylic acids is 1. The van der Waals surface area contributed by atoms with Crippen molar-refractivity contribution in [3.63, 3.8) is 0 Å². The van der Waals surface area contributed by atoms with Crippen molar-refractivity contribution in [2.45, 2.75) is 43.2 Å². The van der Waals surface area contributed by atoms with Gasteiger partial charge in [-0.15, -0.1) is 0 Å². The van der Waals surface area contributed by atoms with Gasteiger partial charge in [0.1, 0.15) is 36.2 Å². The lowest BCUT2D eigenvalue weighted by Crippen LogP contribution is -2.60. The second-order valence-corrected chi connectivity index (χ2v) is 9.93. The molecule has 0 saturated carbocycles. The average Bonchev–Trinajstić information content (AvgIpc) is 3.73. The number of aliphatic hydroxyl groups excluding tert-OH is 4. The van der Waals surface area contributed by atoms with Crippen molar-refractivity contribution in [2.75, 3.05) is 24.6 Å². The zero-order chi connectivity index (χ0) is 29.6. The Balaban J connectivity index is 1.41. The average molecular weight is 573 g/mol. The third-order valence-corrected chi connectivity index (χ3v) is 7.16. The Morgan fingerprint density at radius 2 is 1.73 bits per heavy atom. The minimum atomic E-state index is -1.77. The predicted molar refractivity (Wildman–Crippen MR) is 138 cm³/mol. The Bertz CT molecular complexity index is 1400. The van der Waals surface area contributed by atoms with Crippen LogP contribution in [0.2, 0.25) is 0 Å². The molecule has 14 nitrogen and oxygen atoms in total. The normalized spacial score (nSPS) is 27.1. The molecule has 14 heteroatoms. The topological polar surface area (TPSA) is 218 Å². The van der Waals surface area contributed by atoms with E-state index in [9.17, 15) is 50.1 Å². The van der Waals surface area contributed by atoms with Gasteiger partial charge in [0, 0.05) is 31.7 Å². The summed E-state index contributed by atoms with van der Waals surface area (Å²) in [4.78, 5) is 40.2. The van der Waals surface area contributed by atoms with E-state index in [4.69, 9.17) is 9.47 Å². The smallest absolute Gasteiger partial charge is 0.327 e. The number of phenolic OH excluding ortho intramolecular Hbond substituents is 2. The Morgan fingerprint density at radius 3 is 2.39 bits per heavy atom. The largest absolute Gasteiger partial charge is 0.507 e. The van der Waals surface area contributed by atoms with Crippen LogP contribution < -0.4 is 9.64 Å². The second kappa shape index (κ2) is 11.0. The first kappa shape index (κ1) is 28.3. The number of aromatic hydroxyl groups is 2. The van der Waals surface area contributed by atoms with Crippen LogP contribution in [0.4, 0.5) is 5.69 Å². The van der Waals surface area contributed by atoms with Gasteiger partial charge in [0.15, 0.2) is 11.5 Å². The summed E-state index contributed by atoms with van der Waals surface area (Å²) in [6.07, 6.45) is -5.71. The number of rotatable bonds is 7. The van der Waals surface area contributed by atoms with Crippen LogP contribution in [0.25, 0.3) is 6.08 Å². The SMILES string of the molecule is O=C(O)C1Cc2cc(O)c(OC3OC(CO)C(O)C(O)C3O)cc2N1C(=O)C=Cc1ccc(O)c(C(=O)N2CC2)c1. The second-order valence-electron chi connectivity index (χ2n) is 9.93. The van der Waals surface area contributed by atoms with Crippen LogP contribution in [-0.4, -0.2) is 115 Å². The quantitative estimate of drug-likeness (QED) is 0.154. The molecule has 3 aliphatic heterocycles. The summed E-state index contributed by atoms with van der Waals surface area (Å²) < 4.78 is 10.8. The fraction of sp³-hybridized carbons (Fsp3) is 0.370. The number of hydrogen-bond donors (Lipinski definition) is 7. The number of phenols is 2. The first-order valence-corrected chi connectivity index (χ1v) is 12.7. The standard InChI is InChI=1S/C27H28N2O12/c30-11-20-22(34)23(35)24(36)27(41-20)40-19-10-15-13(9-18(19)32)8-16(26(38)39)29(15)21(33)4-2-12-1-3-17(31)14(7-12)25(37)28-5-6-28/h1-4,7,9-10,16,20,22-24,27,30-32,34-36H,5-6,8,11H2,(H,38,39). The lowest BCUT2D eigenvalue weighted by atomic mass is 9.99. The molecular weight excluding hydrogens is 544 g/mol. The number of ether oxygens (including phenoxy) is 2. The molecule has 2 aromatic carbocycles. The van der Waals surface area contributed by atoms with Crippen LogP contribution >= 0.6 is 0 Å². The summed E-state index contributed by atoms with van der Waals surface area (Å²) in [5.74, 6) is -3.41. The maximum absolute atomic E-state index is 13.3. The first-order valence-electron chi connectivity index (χ1n) is 12.7. The van der Waals surface area contributed by atoms with Crippen LogP contribution in [-0.2, 0) is 20.7 Å². The summed E-state index contributed by atoms with van der Waals surface area (Å²) >= 11 is 0. The van der Waals surface area contributed by atoms with Crippen molar-refractivity contribution < 1.29 is 59.6 Å². The molecule has 2 aromatic rings. The number of hydrogen-bond acceptors (Lipinski definition) is 11. The van der Waals surface area contributed by atoms with E-state index in [1.54, 1.807) is 0 Å². The zero-order valence-electron chi connectivity index (χ0n) is 21.4. The maximum Gasteiger partial charge on any atom is 0.327 e. The highest BCUT2D eigenvalue weighted by atomic mass is 16.7. The van der Waals surface area contributed by atoms with Gasteiger partial charge in [-0.05, 0) is 35.4 Å². The highest BCUT2D eigenvalue weighted by Crippen LogP contribution is 2.42. The molecule has 0 bridgehead atoms. The minimum absolute atomic E-state index is 0.0671. The highest BCUT2D eigenvalue weighted by Gasteiger charge is 2.45. The Kier molecular flexibility index (Phi) is 7.59.